The van der Waals surface area contributed by atoms with E-state index in [1.165, 1.54) is 16.2 Å². The van der Waals surface area contributed by atoms with Crippen molar-refractivity contribution in [1.29, 1.82) is 0 Å². The van der Waals surface area contributed by atoms with E-state index in [0.717, 1.165) is 4.88 Å². The molecule has 1 aromatic heterocycles. The topological polar surface area (TPSA) is 79.3 Å². The first-order chi connectivity index (χ1) is 14.0. The van der Waals surface area contributed by atoms with Gasteiger partial charge in [0.25, 0.3) is 11.7 Å². The van der Waals surface area contributed by atoms with Gasteiger partial charge in [0, 0.05) is 23.5 Å². The number of likely N-dealkylation sites (N-methyl/N-ethyl adjacent to an activating group) is 1. The fraction of sp³-hybridized carbons (Fsp3) is 0.333. The Labute approximate surface area is 172 Å². The minimum absolute atomic E-state index is 0.105. The van der Waals surface area contributed by atoms with Crippen molar-refractivity contribution in [2.75, 3.05) is 40.4 Å². The molecule has 29 heavy (non-hydrogen) atoms. The van der Waals surface area contributed by atoms with Gasteiger partial charge in [0.2, 0.25) is 0 Å². The maximum Gasteiger partial charge on any atom is 0.295 e. The number of carbonyl (C=O) groups excluding carboxylic acids is 2. The summed E-state index contributed by atoms with van der Waals surface area (Å²) >= 11 is 1.45. The number of aliphatic hydroxyl groups excluding tert-OH is 1. The number of ketones is 1. The van der Waals surface area contributed by atoms with Crippen LogP contribution >= 0.6 is 11.3 Å². The first-order valence-electron chi connectivity index (χ1n) is 9.34. The number of amides is 1. The Morgan fingerprint density at radius 1 is 1.21 bits per heavy atom. The average molecular weight is 414 g/mol. The Bertz CT molecular complexity index is 967. The lowest BCUT2D eigenvalue weighted by atomic mass is 9.99. The first-order valence-corrected chi connectivity index (χ1v) is 10.2. The third-order valence-electron chi connectivity index (χ3n) is 4.96. The lowest BCUT2D eigenvalue weighted by molar-refractivity contribution is -0.140. The number of hydrogen-bond donors (Lipinski definition) is 1. The summed E-state index contributed by atoms with van der Waals surface area (Å²) in [4.78, 5) is 30.0. The van der Waals surface area contributed by atoms with Gasteiger partial charge in [0.1, 0.15) is 19.0 Å². The van der Waals surface area contributed by atoms with Crippen molar-refractivity contribution in [2.24, 2.45) is 0 Å². The Hall–Kier alpha value is -2.84. The third kappa shape index (κ3) is 3.61. The molecule has 0 radical (unpaired) electrons. The summed E-state index contributed by atoms with van der Waals surface area (Å²) in [6.45, 7) is 1.88. The highest BCUT2D eigenvalue weighted by Gasteiger charge is 2.46. The van der Waals surface area contributed by atoms with E-state index in [1.54, 1.807) is 18.2 Å². The van der Waals surface area contributed by atoms with Crippen LogP contribution in [-0.2, 0) is 9.59 Å². The number of ether oxygens (including phenoxy) is 2. The molecule has 1 fully saturated rings. The van der Waals surface area contributed by atoms with Gasteiger partial charge in [0.15, 0.2) is 11.5 Å². The van der Waals surface area contributed by atoms with Crippen LogP contribution in [0.2, 0.25) is 0 Å². The van der Waals surface area contributed by atoms with Gasteiger partial charge in [-0.15, -0.1) is 11.3 Å². The van der Waals surface area contributed by atoms with E-state index in [4.69, 9.17) is 9.47 Å². The van der Waals surface area contributed by atoms with Crippen molar-refractivity contribution in [3.63, 3.8) is 0 Å². The van der Waals surface area contributed by atoms with Crippen LogP contribution in [0.5, 0.6) is 11.5 Å². The largest absolute Gasteiger partial charge is 0.507 e. The third-order valence-corrected chi connectivity index (χ3v) is 5.88. The molecule has 1 N–H and O–H groups in total. The molecule has 3 heterocycles. The van der Waals surface area contributed by atoms with Gasteiger partial charge < -0.3 is 24.4 Å². The van der Waals surface area contributed by atoms with Crippen LogP contribution in [0, 0.1) is 0 Å². The summed E-state index contributed by atoms with van der Waals surface area (Å²) in [7, 11) is 3.82. The molecule has 1 saturated heterocycles. The van der Waals surface area contributed by atoms with Crippen molar-refractivity contribution in [1.82, 2.24) is 9.80 Å². The van der Waals surface area contributed by atoms with E-state index in [0.29, 0.717) is 43.4 Å². The van der Waals surface area contributed by atoms with Crippen LogP contribution < -0.4 is 9.47 Å². The highest BCUT2D eigenvalue weighted by molar-refractivity contribution is 7.10. The van der Waals surface area contributed by atoms with E-state index in [-0.39, 0.29) is 11.3 Å². The number of fused-ring (bicyclic) bond motifs is 1. The number of likely N-dealkylation sites (tertiary alicyclic amines) is 1. The maximum atomic E-state index is 12.9. The highest BCUT2D eigenvalue weighted by atomic mass is 32.1. The van der Waals surface area contributed by atoms with Gasteiger partial charge >= 0.3 is 0 Å². The number of hydrogen-bond acceptors (Lipinski definition) is 7. The summed E-state index contributed by atoms with van der Waals surface area (Å²) in [6.07, 6.45) is 0. The number of nitrogens with zero attached hydrogens (tertiary/aromatic N) is 2. The van der Waals surface area contributed by atoms with E-state index >= 15 is 0 Å². The number of rotatable bonds is 5. The van der Waals surface area contributed by atoms with Crippen LogP contribution in [0.3, 0.4) is 0 Å². The number of thiophene rings is 1. The van der Waals surface area contributed by atoms with Gasteiger partial charge in [-0.1, -0.05) is 6.07 Å². The second kappa shape index (κ2) is 7.88. The molecule has 0 unspecified atom stereocenters. The van der Waals surface area contributed by atoms with Crippen LogP contribution in [-0.4, -0.2) is 67.0 Å². The smallest absolute Gasteiger partial charge is 0.295 e. The Balaban J connectivity index is 1.79. The predicted molar refractivity (Wildman–Crippen MR) is 109 cm³/mol. The molecule has 0 bridgehead atoms. The van der Waals surface area contributed by atoms with Crippen molar-refractivity contribution < 1.29 is 24.2 Å². The first kappa shape index (κ1) is 19.5. The molecular weight excluding hydrogens is 392 g/mol. The molecule has 152 valence electrons. The van der Waals surface area contributed by atoms with E-state index < -0.39 is 17.7 Å². The lowest BCUT2D eigenvalue weighted by Gasteiger charge is -2.25. The summed E-state index contributed by atoms with van der Waals surface area (Å²) in [5, 5.41) is 12.9. The summed E-state index contributed by atoms with van der Waals surface area (Å²) in [5.74, 6) is -0.367. The van der Waals surface area contributed by atoms with E-state index in [9.17, 15) is 14.7 Å². The van der Waals surface area contributed by atoms with Gasteiger partial charge in [0.05, 0.1) is 11.6 Å². The van der Waals surface area contributed by atoms with Crippen LogP contribution in [0.15, 0.2) is 41.3 Å². The second-order valence-corrected chi connectivity index (χ2v) is 8.15. The van der Waals surface area contributed by atoms with Crippen molar-refractivity contribution in [3.05, 3.63) is 51.7 Å². The van der Waals surface area contributed by atoms with Crippen molar-refractivity contribution in [2.45, 2.75) is 6.04 Å². The molecule has 0 aliphatic carbocycles. The van der Waals surface area contributed by atoms with Crippen LogP contribution in [0.1, 0.15) is 16.5 Å². The molecule has 8 heteroatoms. The van der Waals surface area contributed by atoms with Crippen molar-refractivity contribution in [3.8, 4) is 11.5 Å². The average Bonchev–Trinajstić information content (AvgIpc) is 3.33. The fourth-order valence-electron chi connectivity index (χ4n) is 3.51. The van der Waals surface area contributed by atoms with Gasteiger partial charge in [-0.3, -0.25) is 9.59 Å². The molecule has 0 saturated carbocycles. The maximum absolute atomic E-state index is 12.9. The normalized spacial score (nSPS) is 20.5. The standard InChI is InChI=1S/C21H22N2O5S/c1-22(2)7-8-23-18(16-4-3-11-29-16)17(20(25)21(23)26)19(24)13-5-6-14-15(12-13)28-10-9-27-14/h3-6,11-12,18,24H,7-10H2,1-2H3/t18-/m1/s1. The van der Waals surface area contributed by atoms with Gasteiger partial charge in [-0.2, -0.15) is 0 Å². The number of carbonyl (C=O) groups is 2. The zero-order valence-corrected chi connectivity index (χ0v) is 17.1. The monoisotopic (exact) mass is 414 g/mol. The SMILES string of the molecule is CN(C)CCN1C(=O)C(=O)C(=C(O)c2ccc3c(c2)OCCO3)[C@H]1c1cccs1. The zero-order valence-electron chi connectivity index (χ0n) is 16.3. The van der Waals surface area contributed by atoms with Crippen LogP contribution in [0.4, 0.5) is 0 Å². The quantitative estimate of drug-likeness (QED) is 0.460. The molecule has 2 aromatic rings. The Morgan fingerprint density at radius 2 is 1.97 bits per heavy atom. The second-order valence-electron chi connectivity index (χ2n) is 7.17. The lowest BCUT2D eigenvalue weighted by Crippen LogP contribution is -2.35. The summed E-state index contributed by atoms with van der Waals surface area (Å²) < 4.78 is 11.1. The van der Waals surface area contributed by atoms with Gasteiger partial charge in [-0.05, 0) is 43.7 Å². The summed E-state index contributed by atoms with van der Waals surface area (Å²) in [6, 6.07) is 8.15. The van der Waals surface area contributed by atoms with E-state index in [2.05, 4.69) is 0 Å². The summed E-state index contributed by atoms with van der Waals surface area (Å²) in [5.41, 5.74) is 0.522. The van der Waals surface area contributed by atoms with Crippen LogP contribution in [0.25, 0.3) is 5.76 Å². The number of Topliss-reactive ketones (excluding diaryl/α,β-unsaturated/α-hetero) is 1. The van der Waals surface area contributed by atoms with E-state index in [1.807, 2.05) is 36.5 Å². The zero-order chi connectivity index (χ0) is 20.5. The molecular formula is C21H22N2O5S. The molecule has 1 aromatic carbocycles. The molecule has 0 spiro atoms. The molecule has 7 nitrogen and oxygen atoms in total. The molecule has 2 aliphatic heterocycles. The highest BCUT2D eigenvalue weighted by Crippen LogP contribution is 2.42. The minimum Gasteiger partial charge on any atom is -0.507 e. The number of aliphatic hydroxyl groups is 1. The number of benzene rings is 1. The molecule has 1 atom stereocenters. The molecule has 1 amide bonds. The predicted octanol–water partition coefficient (Wildman–Crippen LogP) is 2.50. The molecule has 4 rings (SSSR count). The van der Waals surface area contributed by atoms with Crippen molar-refractivity contribution >= 4 is 28.8 Å². The van der Waals surface area contributed by atoms with Gasteiger partial charge in [-0.25, -0.2) is 0 Å². The Kier molecular flexibility index (Phi) is 5.29. The minimum atomic E-state index is -0.672. The fourth-order valence-corrected chi connectivity index (χ4v) is 4.35. The molecule has 2 aliphatic rings. The Morgan fingerprint density at radius 3 is 2.66 bits per heavy atom.